The molecule has 0 aromatic carbocycles. The van der Waals surface area contributed by atoms with Gasteiger partial charge in [0.1, 0.15) is 11.7 Å². The summed E-state index contributed by atoms with van der Waals surface area (Å²) in [6, 6.07) is 0.203. The van der Waals surface area contributed by atoms with E-state index in [1.807, 2.05) is 25.3 Å². The number of halogens is 1. The zero-order valence-electron chi connectivity index (χ0n) is 20.6. The Bertz CT molecular complexity index is 857. The summed E-state index contributed by atoms with van der Waals surface area (Å²) in [5.41, 5.74) is 5.21. The van der Waals surface area contributed by atoms with Gasteiger partial charge in [0, 0.05) is 56.0 Å². The molecule has 4 nitrogen and oxygen atoms in total. The quantitative estimate of drug-likeness (QED) is 0.369. The van der Waals surface area contributed by atoms with E-state index in [2.05, 4.69) is 54.9 Å². The third-order valence-electron chi connectivity index (χ3n) is 6.11. The van der Waals surface area contributed by atoms with Crippen LogP contribution in [0.5, 0.6) is 0 Å². The molecule has 1 heterocycles. The molecule has 0 fully saturated rings. The van der Waals surface area contributed by atoms with Crippen molar-refractivity contribution in [2.75, 3.05) is 13.6 Å². The Balaban J connectivity index is 2.21. The molecule has 2 rings (SSSR count). The number of amidine groups is 1. The van der Waals surface area contributed by atoms with E-state index in [9.17, 15) is 0 Å². The van der Waals surface area contributed by atoms with Crippen LogP contribution in [0.3, 0.4) is 0 Å². The summed E-state index contributed by atoms with van der Waals surface area (Å²) in [4.78, 5) is 4.22. The second-order valence-corrected chi connectivity index (χ2v) is 8.76. The number of nitrogens with zero attached hydrogens (tertiary/aromatic N) is 1. The van der Waals surface area contributed by atoms with Gasteiger partial charge in [-0.25, -0.2) is 4.39 Å². The Morgan fingerprint density at radius 2 is 2.03 bits per heavy atom. The first kappa shape index (κ1) is 25.9. The van der Waals surface area contributed by atoms with Gasteiger partial charge in [0.05, 0.1) is 0 Å². The number of hydrogen-bond donors (Lipinski definition) is 3. The summed E-state index contributed by atoms with van der Waals surface area (Å²) >= 11 is 0. The Morgan fingerprint density at radius 1 is 1.28 bits per heavy atom. The normalized spacial score (nSPS) is 19.9. The minimum absolute atomic E-state index is 0.00418. The molecule has 0 amide bonds. The van der Waals surface area contributed by atoms with Gasteiger partial charge in [-0.15, -0.1) is 0 Å². The predicted molar refractivity (Wildman–Crippen MR) is 136 cm³/mol. The summed E-state index contributed by atoms with van der Waals surface area (Å²) < 4.78 is 15.9. The first-order valence-electron chi connectivity index (χ1n) is 11.9. The van der Waals surface area contributed by atoms with Crippen molar-refractivity contribution in [2.45, 2.75) is 78.3 Å². The Hall–Kier alpha value is -2.40. The molecule has 0 spiro atoms. The molecule has 0 bridgehead atoms. The lowest BCUT2D eigenvalue weighted by atomic mass is 9.83. The highest BCUT2D eigenvalue weighted by Crippen LogP contribution is 2.39. The maximum atomic E-state index is 15.9. The molecule has 2 atom stereocenters. The van der Waals surface area contributed by atoms with Crippen LogP contribution in [0.25, 0.3) is 0 Å². The monoisotopic (exact) mass is 440 g/mol. The van der Waals surface area contributed by atoms with E-state index in [1.165, 1.54) is 0 Å². The molecule has 2 aliphatic rings. The molecule has 0 aromatic rings. The van der Waals surface area contributed by atoms with Crippen molar-refractivity contribution in [1.29, 1.82) is 0 Å². The van der Waals surface area contributed by atoms with Crippen LogP contribution in [0, 0.1) is 0 Å². The van der Waals surface area contributed by atoms with Crippen molar-refractivity contribution in [2.24, 2.45) is 4.99 Å². The van der Waals surface area contributed by atoms with Gasteiger partial charge in [-0.1, -0.05) is 44.7 Å². The summed E-state index contributed by atoms with van der Waals surface area (Å²) in [7, 11) is 1.76. The number of allylic oxidation sites excluding steroid dienone is 6. The van der Waals surface area contributed by atoms with Gasteiger partial charge in [0.2, 0.25) is 0 Å². The molecule has 0 radical (unpaired) electrons. The molecule has 2 unspecified atom stereocenters. The Kier molecular flexibility index (Phi) is 10.2. The van der Waals surface area contributed by atoms with Crippen molar-refractivity contribution in [3.8, 4) is 0 Å². The van der Waals surface area contributed by atoms with Crippen LogP contribution in [0.15, 0.2) is 75.9 Å². The molecule has 0 saturated carbocycles. The van der Waals surface area contributed by atoms with Gasteiger partial charge in [-0.3, -0.25) is 4.99 Å². The van der Waals surface area contributed by atoms with E-state index < -0.39 is 0 Å². The summed E-state index contributed by atoms with van der Waals surface area (Å²) in [5, 5.41) is 10.2. The molecule has 0 saturated heterocycles. The lowest BCUT2D eigenvalue weighted by molar-refractivity contribution is 0.440. The number of aliphatic imine (C=N–C) groups is 1. The summed E-state index contributed by atoms with van der Waals surface area (Å²) in [6.45, 7) is 17.7. The zero-order chi connectivity index (χ0) is 23.7. The largest absolute Gasteiger partial charge is 0.389 e. The lowest BCUT2D eigenvalue weighted by Crippen LogP contribution is -2.39. The second-order valence-electron chi connectivity index (χ2n) is 8.76. The van der Waals surface area contributed by atoms with E-state index in [-0.39, 0.29) is 17.9 Å². The van der Waals surface area contributed by atoms with E-state index in [0.717, 1.165) is 78.9 Å². The van der Waals surface area contributed by atoms with Crippen LogP contribution in [0.1, 0.15) is 66.2 Å². The SMILES string of the molecule is C=C(CC(C)NC(CC)C1=C(F)C(C(=C)C2=CNC(=NC)CC=C2)=C(C)CC1)NCCC. The van der Waals surface area contributed by atoms with Crippen molar-refractivity contribution in [1.82, 2.24) is 16.0 Å². The lowest BCUT2D eigenvalue weighted by Gasteiger charge is -2.30. The average Bonchev–Trinajstić information content (AvgIpc) is 3.02. The molecule has 32 heavy (non-hydrogen) atoms. The fourth-order valence-corrected chi connectivity index (χ4v) is 4.29. The zero-order valence-corrected chi connectivity index (χ0v) is 20.6. The smallest absolute Gasteiger partial charge is 0.131 e. The minimum Gasteiger partial charge on any atom is -0.389 e. The van der Waals surface area contributed by atoms with Crippen molar-refractivity contribution in [3.05, 3.63) is 70.9 Å². The highest BCUT2D eigenvalue weighted by molar-refractivity contribution is 5.85. The highest BCUT2D eigenvalue weighted by Gasteiger charge is 2.28. The fraction of sp³-hybridized carbons (Fsp3) is 0.519. The first-order chi connectivity index (χ1) is 15.3. The van der Waals surface area contributed by atoms with Gasteiger partial charge in [0.25, 0.3) is 0 Å². The predicted octanol–water partition coefficient (Wildman–Crippen LogP) is 6.00. The van der Waals surface area contributed by atoms with Crippen molar-refractivity contribution >= 4 is 5.84 Å². The van der Waals surface area contributed by atoms with Crippen molar-refractivity contribution < 1.29 is 4.39 Å². The van der Waals surface area contributed by atoms with Crippen LogP contribution in [-0.2, 0) is 0 Å². The topological polar surface area (TPSA) is 48.5 Å². The van der Waals surface area contributed by atoms with Gasteiger partial charge in [0.15, 0.2) is 0 Å². The third kappa shape index (κ3) is 6.80. The third-order valence-corrected chi connectivity index (χ3v) is 6.11. The average molecular weight is 441 g/mol. The molecular formula is C27H41FN4. The Morgan fingerprint density at radius 3 is 2.69 bits per heavy atom. The number of rotatable bonds is 11. The number of nitrogens with one attached hydrogen (secondary N) is 3. The molecule has 1 aliphatic carbocycles. The Labute approximate surface area is 194 Å². The maximum Gasteiger partial charge on any atom is 0.131 e. The molecule has 1 aliphatic heterocycles. The maximum absolute atomic E-state index is 15.9. The molecule has 3 N–H and O–H groups in total. The summed E-state index contributed by atoms with van der Waals surface area (Å²) in [5.74, 6) is 0.769. The van der Waals surface area contributed by atoms with Crippen LogP contribution in [0.4, 0.5) is 4.39 Å². The van der Waals surface area contributed by atoms with E-state index in [4.69, 9.17) is 0 Å². The standard InChI is InChI=1S/C27H41FN4/c1-8-15-30-19(4)16-20(5)32-24(9-2)23-14-13-18(3)26(27(23)28)21(6)22-11-10-12-25(29-7)31-17-22/h10-11,17,20,24,30,32H,4,6,8-9,12-16H2,1-3,5,7H3,(H,29,31). The van der Waals surface area contributed by atoms with Gasteiger partial charge in [-0.05, 0) is 56.3 Å². The van der Waals surface area contributed by atoms with Crippen LogP contribution >= 0.6 is 0 Å². The molecule has 0 aromatic heterocycles. The van der Waals surface area contributed by atoms with E-state index in [1.54, 1.807) is 7.05 Å². The van der Waals surface area contributed by atoms with E-state index in [0.29, 0.717) is 5.57 Å². The minimum atomic E-state index is -0.115. The summed E-state index contributed by atoms with van der Waals surface area (Å²) in [6.07, 6.45) is 11.0. The number of hydrogen-bond acceptors (Lipinski definition) is 3. The van der Waals surface area contributed by atoms with E-state index >= 15 is 4.39 Å². The van der Waals surface area contributed by atoms with Crippen molar-refractivity contribution in [3.63, 3.8) is 0 Å². The van der Waals surface area contributed by atoms with Crippen LogP contribution < -0.4 is 16.0 Å². The molecular weight excluding hydrogens is 399 g/mol. The highest BCUT2D eigenvalue weighted by atomic mass is 19.1. The first-order valence-corrected chi connectivity index (χ1v) is 11.9. The fourth-order valence-electron chi connectivity index (χ4n) is 4.29. The molecule has 176 valence electrons. The van der Waals surface area contributed by atoms with Crippen LogP contribution in [0.2, 0.25) is 0 Å². The van der Waals surface area contributed by atoms with Gasteiger partial charge >= 0.3 is 0 Å². The van der Waals surface area contributed by atoms with Crippen LogP contribution in [-0.4, -0.2) is 31.5 Å². The second kappa shape index (κ2) is 12.6. The molecule has 5 heteroatoms. The van der Waals surface area contributed by atoms with Gasteiger partial charge < -0.3 is 16.0 Å². The van der Waals surface area contributed by atoms with Gasteiger partial charge in [-0.2, -0.15) is 0 Å².